The van der Waals surface area contributed by atoms with Gasteiger partial charge in [0.15, 0.2) is 0 Å². The highest BCUT2D eigenvalue weighted by Crippen LogP contribution is 2.28. The Balaban J connectivity index is 1.41. The standard InChI is InChI=1S/C26H21F3N6O4/c1-3-38-24(36)19-12-30-35(15-19)25-32-21-13-31-34(22(21)23(33-25)37-2)14-16-5-4-6-18(11-16)17-7-9-20(10-8-17)39-26(27,28)29/h4-13,15H,3,14H2,1-2H3. The second-order valence-corrected chi connectivity index (χ2v) is 8.24. The Labute approximate surface area is 219 Å². The Morgan fingerprint density at radius 3 is 2.51 bits per heavy atom. The molecular weight excluding hydrogens is 517 g/mol. The number of hydrogen-bond donors (Lipinski definition) is 0. The van der Waals surface area contributed by atoms with E-state index in [1.54, 1.807) is 29.9 Å². The number of esters is 1. The van der Waals surface area contributed by atoms with Crippen LogP contribution >= 0.6 is 0 Å². The van der Waals surface area contributed by atoms with Gasteiger partial charge in [-0.05, 0) is 41.8 Å². The molecule has 5 rings (SSSR count). The SMILES string of the molecule is CCOC(=O)c1cnn(-c2nc(OC)c3c(cnn3Cc3cccc(-c4ccc(OC(F)(F)F)cc4)c3)n2)c1. The van der Waals surface area contributed by atoms with Crippen molar-refractivity contribution in [3.63, 3.8) is 0 Å². The summed E-state index contributed by atoms with van der Waals surface area (Å²) in [4.78, 5) is 20.9. The molecule has 0 bridgehead atoms. The minimum atomic E-state index is -4.75. The number of benzene rings is 2. The van der Waals surface area contributed by atoms with Gasteiger partial charge in [0.1, 0.15) is 16.8 Å². The molecule has 0 atom stereocenters. The maximum absolute atomic E-state index is 12.5. The van der Waals surface area contributed by atoms with Crippen molar-refractivity contribution < 1.29 is 32.2 Å². The van der Waals surface area contributed by atoms with Gasteiger partial charge < -0.3 is 14.2 Å². The first kappa shape index (κ1) is 25.7. The molecule has 10 nitrogen and oxygen atoms in total. The zero-order valence-electron chi connectivity index (χ0n) is 20.7. The molecule has 0 aliphatic carbocycles. The van der Waals surface area contributed by atoms with E-state index in [1.807, 2.05) is 24.3 Å². The predicted molar refractivity (Wildman–Crippen MR) is 133 cm³/mol. The van der Waals surface area contributed by atoms with Crippen molar-refractivity contribution in [3.8, 4) is 28.7 Å². The van der Waals surface area contributed by atoms with Crippen LogP contribution in [-0.4, -0.2) is 55.6 Å². The minimum Gasteiger partial charge on any atom is -0.479 e. The van der Waals surface area contributed by atoms with Gasteiger partial charge in [0, 0.05) is 6.20 Å². The lowest BCUT2D eigenvalue weighted by molar-refractivity contribution is -0.274. The number of aromatic nitrogens is 6. The van der Waals surface area contributed by atoms with E-state index in [9.17, 15) is 18.0 Å². The van der Waals surface area contributed by atoms with E-state index in [1.165, 1.54) is 36.3 Å². The van der Waals surface area contributed by atoms with E-state index in [2.05, 4.69) is 24.9 Å². The molecule has 3 heterocycles. The number of alkyl halides is 3. The summed E-state index contributed by atoms with van der Waals surface area (Å²) in [5, 5.41) is 8.60. The van der Waals surface area contributed by atoms with Crippen LogP contribution in [-0.2, 0) is 11.3 Å². The van der Waals surface area contributed by atoms with E-state index in [0.717, 1.165) is 16.7 Å². The number of hydrogen-bond acceptors (Lipinski definition) is 8. The molecule has 0 saturated heterocycles. The second kappa shape index (κ2) is 10.4. The predicted octanol–water partition coefficient (Wildman–Crippen LogP) is 4.81. The van der Waals surface area contributed by atoms with Crippen molar-refractivity contribution in [2.24, 2.45) is 0 Å². The quantitative estimate of drug-likeness (QED) is 0.259. The first-order valence-electron chi connectivity index (χ1n) is 11.7. The fraction of sp³-hybridized carbons (Fsp3) is 0.192. The van der Waals surface area contributed by atoms with Crippen LogP contribution in [0.2, 0.25) is 0 Å². The average Bonchev–Trinajstić information content (AvgIpc) is 3.56. The van der Waals surface area contributed by atoms with Crippen molar-refractivity contribution in [2.45, 2.75) is 19.8 Å². The molecule has 0 unspecified atom stereocenters. The fourth-order valence-electron chi connectivity index (χ4n) is 3.94. The molecule has 0 aliphatic rings. The van der Waals surface area contributed by atoms with Gasteiger partial charge in [0.2, 0.25) is 5.88 Å². The van der Waals surface area contributed by atoms with Gasteiger partial charge in [0.25, 0.3) is 5.95 Å². The zero-order chi connectivity index (χ0) is 27.6. The maximum Gasteiger partial charge on any atom is 0.573 e. The number of halogens is 3. The summed E-state index contributed by atoms with van der Waals surface area (Å²) in [5.41, 5.74) is 3.73. The van der Waals surface area contributed by atoms with Crippen LogP contribution in [0.4, 0.5) is 13.2 Å². The first-order valence-corrected chi connectivity index (χ1v) is 11.7. The van der Waals surface area contributed by atoms with Crippen molar-refractivity contribution in [1.82, 2.24) is 29.5 Å². The van der Waals surface area contributed by atoms with E-state index in [4.69, 9.17) is 9.47 Å². The molecule has 200 valence electrons. The van der Waals surface area contributed by atoms with Crippen LogP contribution in [0, 0.1) is 0 Å². The molecule has 0 fully saturated rings. The highest BCUT2D eigenvalue weighted by atomic mass is 19.4. The molecule has 0 amide bonds. The van der Waals surface area contributed by atoms with Crippen LogP contribution in [0.1, 0.15) is 22.8 Å². The third-order valence-electron chi connectivity index (χ3n) is 5.62. The maximum atomic E-state index is 12.5. The monoisotopic (exact) mass is 538 g/mol. The summed E-state index contributed by atoms with van der Waals surface area (Å²) in [7, 11) is 1.48. The van der Waals surface area contributed by atoms with Gasteiger partial charge in [-0.1, -0.05) is 30.3 Å². The van der Waals surface area contributed by atoms with Crippen molar-refractivity contribution in [2.75, 3.05) is 13.7 Å². The van der Waals surface area contributed by atoms with Crippen molar-refractivity contribution in [1.29, 1.82) is 0 Å². The summed E-state index contributed by atoms with van der Waals surface area (Å²) in [6.45, 7) is 2.30. The van der Waals surface area contributed by atoms with E-state index in [0.29, 0.717) is 17.6 Å². The molecule has 13 heteroatoms. The number of methoxy groups -OCH3 is 1. The number of fused-ring (bicyclic) bond motifs is 1. The average molecular weight is 538 g/mol. The van der Waals surface area contributed by atoms with Crippen molar-refractivity contribution >= 4 is 17.0 Å². The topological polar surface area (TPSA) is 106 Å². The summed E-state index contributed by atoms with van der Waals surface area (Å²) < 4.78 is 54.9. The zero-order valence-corrected chi connectivity index (χ0v) is 20.7. The smallest absolute Gasteiger partial charge is 0.479 e. The molecule has 5 aromatic rings. The molecule has 2 aromatic carbocycles. The fourth-order valence-corrected chi connectivity index (χ4v) is 3.94. The lowest BCUT2D eigenvalue weighted by Crippen LogP contribution is -2.16. The van der Waals surface area contributed by atoms with Crippen LogP contribution < -0.4 is 9.47 Å². The summed E-state index contributed by atoms with van der Waals surface area (Å²) in [5.74, 6) is -0.340. The van der Waals surface area contributed by atoms with E-state index < -0.39 is 12.3 Å². The molecule has 0 N–H and O–H groups in total. The van der Waals surface area contributed by atoms with E-state index >= 15 is 0 Å². The van der Waals surface area contributed by atoms with E-state index in [-0.39, 0.29) is 29.7 Å². The Morgan fingerprint density at radius 1 is 1.00 bits per heavy atom. The summed E-state index contributed by atoms with van der Waals surface area (Å²) >= 11 is 0. The van der Waals surface area contributed by atoms with Crippen LogP contribution in [0.3, 0.4) is 0 Å². The Bertz CT molecular complexity index is 1630. The van der Waals surface area contributed by atoms with Crippen LogP contribution in [0.5, 0.6) is 11.6 Å². The van der Waals surface area contributed by atoms with Crippen molar-refractivity contribution in [3.05, 3.63) is 78.2 Å². The summed E-state index contributed by atoms with van der Waals surface area (Å²) in [6.07, 6.45) is -0.340. The Hall–Kier alpha value is -4.94. The normalized spacial score (nSPS) is 11.5. The number of ether oxygens (including phenoxy) is 3. The first-order chi connectivity index (χ1) is 18.7. The molecular formula is C26H21F3N6O4. The number of nitrogens with zero attached hydrogens (tertiary/aromatic N) is 6. The lowest BCUT2D eigenvalue weighted by atomic mass is 10.0. The molecule has 3 aromatic heterocycles. The van der Waals surface area contributed by atoms with Crippen LogP contribution in [0.15, 0.2) is 67.1 Å². The molecule has 0 spiro atoms. The molecule has 0 aliphatic heterocycles. The van der Waals surface area contributed by atoms with Gasteiger partial charge >= 0.3 is 12.3 Å². The molecule has 39 heavy (non-hydrogen) atoms. The Morgan fingerprint density at radius 2 is 1.79 bits per heavy atom. The number of carbonyl (C=O) groups excluding carboxylic acids is 1. The molecule has 0 radical (unpaired) electrons. The third kappa shape index (κ3) is 5.66. The largest absolute Gasteiger partial charge is 0.573 e. The third-order valence-corrected chi connectivity index (χ3v) is 5.62. The highest BCUT2D eigenvalue weighted by Gasteiger charge is 2.31. The van der Waals surface area contributed by atoms with Gasteiger partial charge in [-0.2, -0.15) is 15.2 Å². The number of carbonyl (C=O) groups is 1. The minimum absolute atomic E-state index is 0.189. The Kier molecular flexibility index (Phi) is 6.88. The summed E-state index contributed by atoms with van der Waals surface area (Å²) in [6, 6.07) is 13.2. The lowest BCUT2D eigenvalue weighted by Gasteiger charge is -2.11. The van der Waals surface area contributed by atoms with Gasteiger partial charge in [-0.15, -0.1) is 13.2 Å². The van der Waals surface area contributed by atoms with Gasteiger partial charge in [-0.3, -0.25) is 4.68 Å². The van der Waals surface area contributed by atoms with Gasteiger partial charge in [-0.25, -0.2) is 14.5 Å². The van der Waals surface area contributed by atoms with Crippen LogP contribution in [0.25, 0.3) is 28.1 Å². The second-order valence-electron chi connectivity index (χ2n) is 8.24. The molecule has 0 saturated carbocycles. The highest BCUT2D eigenvalue weighted by molar-refractivity contribution is 5.88. The number of rotatable bonds is 8. The van der Waals surface area contributed by atoms with Gasteiger partial charge in [0.05, 0.1) is 38.2 Å².